The number of carbonyl (C=O) groups is 2. The van der Waals surface area contributed by atoms with Gasteiger partial charge in [0, 0.05) is 6.92 Å². The molecule has 7 nitrogen and oxygen atoms in total. The first-order valence-electron chi connectivity index (χ1n) is 6.13. The first-order valence-corrected chi connectivity index (χ1v) is 8.02. The van der Waals surface area contributed by atoms with Gasteiger partial charge >= 0.3 is 0 Å². The Hall–Kier alpha value is -2.09. The van der Waals surface area contributed by atoms with E-state index in [1.54, 1.807) is 24.3 Å². The number of sulfonamides is 1. The lowest BCUT2D eigenvalue weighted by atomic mass is 10.0. The van der Waals surface area contributed by atoms with Gasteiger partial charge in [0.25, 0.3) is 0 Å². The van der Waals surface area contributed by atoms with E-state index in [-0.39, 0.29) is 12.3 Å². The number of ether oxygens (including phenoxy) is 1. The Morgan fingerprint density at radius 2 is 1.81 bits per heavy atom. The highest BCUT2D eigenvalue weighted by Crippen LogP contribution is 2.20. The van der Waals surface area contributed by atoms with Crippen molar-refractivity contribution in [2.24, 2.45) is 0 Å². The van der Waals surface area contributed by atoms with E-state index in [2.05, 4.69) is 5.32 Å². The predicted molar refractivity (Wildman–Crippen MR) is 77.2 cm³/mol. The molecule has 0 aliphatic rings. The van der Waals surface area contributed by atoms with Crippen LogP contribution in [0.15, 0.2) is 24.3 Å². The molecule has 0 radical (unpaired) electrons. The molecular weight excluding hydrogens is 296 g/mol. The number of methoxy groups -OCH3 is 1. The van der Waals surface area contributed by atoms with Gasteiger partial charge in [-0.05, 0) is 17.7 Å². The third-order valence-electron chi connectivity index (χ3n) is 2.58. The molecule has 1 aromatic carbocycles. The monoisotopic (exact) mass is 314 g/mol. The van der Waals surface area contributed by atoms with Gasteiger partial charge in [-0.1, -0.05) is 12.1 Å². The van der Waals surface area contributed by atoms with Crippen molar-refractivity contribution in [1.29, 1.82) is 0 Å². The lowest BCUT2D eigenvalue weighted by Gasteiger charge is -2.18. The molecule has 1 rings (SSSR count). The molecule has 2 amide bonds. The van der Waals surface area contributed by atoms with Crippen LogP contribution in [-0.2, 0) is 19.6 Å². The summed E-state index contributed by atoms with van der Waals surface area (Å²) in [5.74, 6) is -0.365. The second-order valence-electron chi connectivity index (χ2n) is 4.53. The van der Waals surface area contributed by atoms with Gasteiger partial charge < -0.3 is 10.1 Å². The molecule has 0 heterocycles. The van der Waals surface area contributed by atoms with E-state index >= 15 is 0 Å². The fraction of sp³-hybridized carbons (Fsp3) is 0.385. The summed E-state index contributed by atoms with van der Waals surface area (Å²) < 4.78 is 29.0. The van der Waals surface area contributed by atoms with Gasteiger partial charge in [0.2, 0.25) is 21.8 Å². The smallest absolute Gasteiger partial charge is 0.235 e. The van der Waals surface area contributed by atoms with E-state index in [1.165, 1.54) is 14.0 Å². The van der Waals surface area contributed by atoms with E-state index in [0.717, 1.165) is 6.26 Å². The van der Waals surface area contributed by atoms with Crippen LogP contribution in [0.3, 0.4) is 0 Å². The highest BCUT2D eigenvalue weighted by atomic mass is 32.2. The van der Waals surface area contributed by atoms with Gasteiger partial charge in [0.1, 0.15) is 5.75 Å². The fourth-order valence-electron chi connectivity index (χ4n) is 1.77. The maximum Gasteiger partial charge on any atom is 0.235 e. The van der Waals surface area contributed by atoms with E-state index in [4.69, 9.17) is 4.74 Å². The molecule has 0 unspecified atom stereocenters. The standard InChI is InChI=1S/C13H18N2O5S/c1-9(16)14-12(8-13(17)15-21(3,18)19)10-4-6-11(20-2)7-5-10/h4-7,12H,8H2,1-3H3,(H,14,16)(H,15,17)/t12-/m0/s1. The fourth-order valence-corrected chi connectivity index (χ4v) is 2.26. The van der Waals surface area contributed by atoms with E-state index < -0.39 is 22.0 Å². The Labute approximate surface area is 123 Å². The van der Waals surface area contributed by atoms with Crippen molar-refractivity contribution in [2.75, 3.05) is 13.4 Å². The van der Waals surface area contributed by atoms with Gasteiger partial charge in [-0.3, -0.25) is 14.3 Å². The number of hydrogen-bond donors (Lipinski definition) is 2. The van der Waals surface area contributed by atoms with E-state index in [0.29, 0.717) is 11.3 Å². The van der Waals surface area contributed by atoms with Gasteiger partial charge in [-0.2, -0.15) is 0 Å². The molecular formula is C13H18N2O5S. The Kier molecular flexibility index (Phi) is 5.71. The van der Waals surface area contributed by atoms with Crippen LogP contribution >= 0.6 is 0 Å². The number of rotatable bonds is 6. The molecule has 2 N–H and O–H groups in total. The Morgan fingerprint density at radius 1 is 1.24 bits per heavy atom. The summed E-state index contributed by atoms with van der Waals surface area (Å²) in [6.07, 6.45) is 0.713. The highest BCUT2D eigenvalue weighted by molar-refractivity contribution is 7.89. The van der Waals surface area contributed by atoms with Gasteiger partial charge in [-0.25, -0.2) is 8.42 Å². The van der Waals surface area contributed by atoms with Crippen LogP contribution in [0.2, 0.25) is 0 Å². The molecule has 8 heteroatoms. The van der Waals surface area contributed by atoms with Crippen molar-refractivity contribution >= 4 is 21.8 Å². The number of hydrogen-bond acceptors (Lipinski definition) is 5. The normalized spacial score (nSPS) is 12.3. The quantitative estimate of drug-likeness (QED) is 0.788. The van der Waals surface area contributed by atoms with E-state index in [1.807, 2.05) is 4.72 Å². The molecule has 1 atom stereocenters. The first kappa shape index (κ1) is 17.0. The molecule has 0 aliphatic heterocycles. The lowest BCUT2D eigenvalue weighted by Crippen LogP contribution is -2.35. The second-order valence-corrected chi connectivity index (χ2v) is 6.28. The Bertz CT molecular complexity index is 610. The molecule has 21 heavy (non-hydrogen) atoms. The maximum atomic E-state index is 11.7. The lowest BCUT2D eigenvalue weighted by molar-refractivity contribution is -0.121. The van der Waals surface area contributed by atoms with Gasteiger partial charge in [0.05, 0.1) is 25.8 Å². The Balaban J connectivity index is 2.89. The summed E-state index contributed by atoms with van der Waals surface area (Å²) >= 11 is 0. The van der Waals surface area contributed by atoms with Gasteiger partial charge in [0.15, 0.2) is 0 Å². The molecule has 0 aromatic heterocycles. The van der Waals surface area contributed by atoms with Crippen LogP contribution in [0.4, 0.5) is 0 Å². The van der Waals surface area contributed by atoms with Crippen LogP contribution in [0.1, 0.15) is 24.9 Å². The third-order valence-corrected chi connectivity index (χ3v) is 3.18. The van der Waals surface area contributed by atoms with Crippen LogP contribution < -0.4 is 14.8 Å². The molecule has 1 aromatic rings. The summed E-state index contributed by atoms with van der Waals surface area (Å²) in [6.45, 7) is 1.32. The van der Waals surface area contributed by atoms with Gasteiger partial charge in [-0.15, -0.1) is 0 Å². The number of amides is 2. The SMILES string of the molecule is COc1ccc([C@H](CC(=O)NS(C)(=O)=O)NC(C)=O)cc1. The van der Waals surface area contributed by atoms with E-state index in [9.17, 15) is 18.0 Å². The minimum atomic E-state index is -3.62. The van der Waals surface area contributed by atoms with Crippen LogP contribution in [0.5, 0.6) is 5.75 Å². The molecule has 0 aliphatic carbocycles. The highest BCUT2D eigenvalue weighted by Gasteiger charge is 2.19. The summed E-state index contributed by atoms with van der Waals surface area (Å²) in [7, 11) is -2.09. The van der Waals surface area contributed by atoms with Crippen molar-refractivity contribution in [3.63, 3.8) is 0 Å². The molecule has 0 bridgehead atoms. The average Bonchev–Trinajstić information content (AvgIpc) is 2.35. The second kappa shape index (κ2) is 7.07. The van der Waals surface area contributed by atoms with Crippen molar-refractivity contribution in [2.45, 2.75) is 19.4 Å². The van der Waals surface area contributed by atoms with Crippen LogP contribution in [-0.4, -0.2) is 33.6 Å². The molecule has 116 valence electrons. The summed E-state index contributed by atoms with van der Waals surface area (Å²) in [4.78, 5) is 22.9. The van der Waals surface area contributed by atoms with Crippen molar-refractivity contribution in [1.82, 2.24) is 10.0 Å². The largest absolute Gasteiger partial charge is 0.497 e. The molecule has 0 saturated carbocycles. The minimum Gasteiger partial charge on any atom is -0.497 e. The summed E-state index contributed by atoms with van der Waals surface area (Å²) in [5.41, 5.74) is 0.676. The molecule has 0 fully saturated rings. The van der Waals surface area contributed by atoms with Crippen molar-refractivity contribution in [3.05, 3.63) is 29.8 Å². The van der Waals surface area contributed by atoms with Crippen molar-refractivity contribution in [3.8, 4) is 5.75 Å². The maximum absolute atomic E-state index is 11.7. The number of carbonyl (C=O) groups excluding carboxylic acids is 2. The van der Waals surface area contributed by atoms with Crippen molar-refractivity contribution < 1.29 is 22.7 Å². The first-order chi connectivity index (χ1) is 9.71. The topological polar surface area (TPSA) is 102 Å². The molecule has 0 spiro atoms. The number of nitrogens with one attached hydrogen (secondary N) is 2. The third kappa shape index (κ3) is 6.26. The summed E-state index contributed by atoms with van der Waals surface area (Å²) in [6, 6.07) is 6.17. The zero-order chi connectivity index (χ0) is 16.0. The molecule has 0 saturated heterocycles. The average molecular weight is 314 g/mol. The number of benzene rings is 1. The predicted octanol–water partition coefficient (Wildman–Crippen LogP) is 0.338. The van der Waals surface area contributed by atoms with Crippen LogP contribution in [0, 0.1) is 0 Å². The Morgan fingerprint density at radius 3 is 2.24 bits per heavy atom. The van der Waals surface area contributed by atoms with Crippen LogP contribution in [0.25, 0.3) is 0 Å². The summed E-state index contributed by atoms with van der Waals surface area (Å²) in [5, 5.41) is 2.61. The zero-order valence-corrected chi connectivity index (χ0v) is 12.9. The zero-order valence-electron chi connectivity index (χ0n) is 12.0. The minimum absolute atomic E-state index is 0.182.